The van der Waals surface area contributed by atoms with Crippen LogP contribution < -0.4 is 4.74 Å². The van der Waals surface area contributed by atoms with E-state index < -0.39 is 0 Å². The summed E-state index contributed by atoms with van der Waals surface area (Å²) in [5.41, 5.74) is 1.76. The molecule has 6 nitrogen and oxygen atoms in total. The molecule has 4 heterocycles. The fourth-order valence-corrected chi connectivity index (χ4v) is 4.96. The van der Waals surface area contributed by atoms with Gasteiger partial charge in [0.25, 0.3) is 5.91 Å². The topological polar surface area (TPSA) is 59.7 Å². The molecule has 1 amide bonds. The van der Waals surface area contributed by atoms with Crippen LogP contribution in [0.2, 0.25) is 0 Å². The standard InChI is InChI=1S/C21H20N4O2S/c1-27-16-15-19-22-10-13-25(19)18(14-8-4-2-5-9-14)23-20(15)28-17(16)21(26)24-11-6-3-7-12-24/h2,4-5,8-10,13H,3,6-7,11-12H2,1H3. The van der Waals surface area contributed by atoms with Gasteiger partial charge < -0.3 is 9.64 Å². The Morgan fingerprint density at radius 2 is 1.93 bits per heavy atom. The number of methoxy groups -OCH3 is 1. The van der Waals surface area contributed by atoms with E-state index in [-0.39, 0.29) is 5.91 Å². The van der Waals surface area contributed by atoms with Crippen LogP contribution in [0.15, 0.2) is 42.7 Å². The third kappa shape index (κ3) is 2.65. The van der Waals surface area contributed by atoms with Crippen molar-refractivity contribution in [3.05, 3.63) is 47.6 Å². The third-order valence-corrected chi connectivity index (χ3v) is 6.27. The van der Waals surface area contributed by atoms with E-state index >= 15 is 0 Å². The summed E-state index contributed by atoms with van der Waals surface area (Å²) in [5.74, 6) is 1.42. The minimum atomic E-state index is 0.0329. The number of hydrogen-bond acceptors (Lipinski definition) is 5. The smallest absolute Gasteiger partial charge is 0.267 e. The average molecular weight is 392 g/mol. The highest BCUT2D eigenvalue weighted by Gasteiger charge is 2.28. The highest BCUT2D eigenvalue weighted by molar-refractivity contribution is 7.21. The van der Waals surface area contributed by atoms with Gasteiger partial charge in [-0.25, -0.2) is 9.97 Å². The Bertz CT molecular complexity index is 1160. The molecule has 1 aliphatic heterocycles. The van der Waals surface area contributed by atoms with Gasteiger partial charge in [0.1, 0.15) is 15.5 Å². The van der Waals surface area contributed by atoms with Crippen LogP contribution in [0.1, 0.15) is 28.9 Å². The summed E-state index contributed by atoms with van der Waals surface area (Å²) in [4.78, 5) is 25.9. The minimum Gasteiger partial charge on any atom is -0.494 e. The summed E-state index contributed by atoms with van der Waals surface area (Å²) in [6.07, 6.45) is 6.95. The molecule has 28 heavy (non-hydrogen) atoms. The van der Waals surface area contributed by atoms with Crippen molar-refractivity contribution in [3.8, 4) is 17.1 Å². The van der Waals surface area contributed by atoms with Crippen LogP contribution in [0.4, 0.5) is 0 Å². The zero-order chi connectivity index (χ0) is 19.1. The van der Waals surface area contributed by atoms with E-state index in [1.54, 1.807) is 13.3 Å². The molecule has 142 valence electrons. The lowest BCUT2D eigenvalue weighted by atomic mass is 10.1. The lowest BCUT2D eigenvalue weighted by Gasteiger charge is -2.26. The SMILES string of the molecule is COc1c(C(=O)N2CCCCC2)sc2nc(-c3ccccc3)n3ccnc3c12. The van der Waals surface area contributed by atoms with E-state index in [2.05, 4.69) is 4.98 Å². The van der Waals surface area contributed by atoms with E-state index in [0.29, 0.717) is 10.6 Å². The van der Waals surface area contributed by atoms with Gasteiger partial charge in [0.15, 0.2) is 11.4 Å². The number of benzene rings is 1. The van der Waals surface area contributed by atoms with Crippen molar-refractivity contribution in [2.75, 3.05) is 20.2 Å². The molecular formula is C21H20N4O2S. The van der Waals surface area contributed by atoms with E-state index in [1.807, 2.05) is 45.8 Å². The molecule has 0 radical (unpaired) electrons. The second kappa shape index (κ2) is 6.91. The number of likely N-dealkylation sites (tertiary alicyclic amines) is 1. The number of imidazole rings is 1. The van der Waals surface area contributed by atoms with Crippen molar-refractivity contribution in [3.63, 3.8) is 0 Å². The molecule has 1 fully saturated rings. The average Bonchev–Trinajstić information content (AvgIpc) is 3.38. The maximum Gasteiger partial charge on any atom is 0.267 e. The summed E-state index contributed by atoms with van der Waals surface area (Å²) < 4.78 is 7.66. The normalized spacial score (nSPS) is 14.7. The molecule has 0 aliphatic carbocycles. The fourth-order valence-electron chi connectivity index (χ4n) is 3.86. The minimum absolute atomic E-state index is 0.0329. The largest absolute Gasteiger partial charge is 0.494 e. The number of thiophene rings is 1. The number of rotatable bonds is 3. The quantitative estimate of drug-likeness (QED) is 0.523. The molecule has 1 aromatic carbocycles. The summed E-state index contributed by atoms with van der Waals surface area (Å²) in [5, 5.41) is 0.803. The number of amides is 1. The zero-order valence-electron chi connectivity index (χ0n) is 15.6. The fraction of sp³-hybridized carbons (Fsp3) is 0.286. The molecule has 0 atom stereocenters. The van der Waals surface area contributed by atoms with Crippen LogP contribution in [-0.4, -0.2) is 45.4 Å². The van der Waals surface area contributed by atoms with Gasteiger partial charge in [-0.3, -0.25) is 9.20 Å². The lowest BCUT2D eigenvalue weighted by molar-refractivity contribution is 0.0726. The highest BCUT2D eigenvalue weighted by Crippen LogP contribution is 2.41. The third-order valence-electron chi connectivity index (χ3n) is 5.22. The monoisotopic (exact) mass is 392 g/mol. The molecule has 0 unspecified atom stereocenters. The van der Waals surface area contributed by atoms with Gasteiger partial charge in [-0.15, -0.1) is 11.3 Å². The number of hydrogen-bond donors (Lipinski definition) is 0. The summed E-state index contributed by atoms with van der Waals surface area (Å²) in [6, 6.07) is 10.0. The Labute approximate surface area is 166 Å². The Morgan fingerprint density at radius 3 is 2.68 bits per heavy atom. The van der Waals surface area contributed by atoms with Gasteiger partial charge in [-0.1, -0.05) is 30.3 Å². The van der Waals surface area contributed by atoms with Crippen molar-refractivity contribution in [1.82, 2.24) is 19.3 Å². The van der Waals surface area contributed by atoms with Gasteiger partial charge >= 0.3 is 0 Å². The van der Waals surface area contributed by atoms with Crippen LogP contribution in [0, 0.1) is 0 Å². The summed E-state index contributed by atoms with van der Waals surface area (Å²) in [6.45, 7) is 1.61. The van der Waals surface area contributed by atoms with E-state index in [9.17, 15) is 4.79 Å². The van der Waals surface area contributed by atoms with Gasteiger partial charge in [0.2, 0.25) is 0 Å². The van der Waals surface area contributed by atoms with Crippen LogP contribution in [0.3, 0.4) is 0 Å². The number of fused-ring (bicyclic) bond motifs is 3. The molecular weight excluding hydrogens is 372 g/mol. The van der Waals surface area contributed by atoms with Gasteiger partial charge in [-0.05, 0) is 19.3 Å². The molecule has 1 saturated heterocycles. The Kier molecular flexibility index (Phi) is 4.24. The first-order valence-corrected chi connectivity index (χ1v) is 10.3. The first-order chi connectivity index (χ1) is 13.8. The summed E-state index contributed by atoms with van der Waals surface area (Å²) in [7, 11) is 1.61. The first-order valence-electron chi connectivity index (χ1n) is 9.46. The number of carbonyl (C=O) groups excluding carboxylic acids is 1. The number of ether oxygens (including phenoxy) is 1. The van der Waals surface area contributed by atoms with Crippen molar-refractivity contribution >= 4 is 33.1 Å². The van der Waals surface area contributed by atoms with Gasteiger partial charge in [0.05, 0.1) is 12.5 Å². The van der Waals surface area contributed by atoms with Crippen molar-refractivity contribution in [2.45, 2.75) is 19.3 Å². The second-order valence-electron chi connectivity index (χ2n) is 6.92. The summed E-state index contributed by atoms with van der Waals surface area (Å²) >= 11 is 1.40. The molecule has 1 aliphatic rings. The second-order valence-corrected chi connectivity index (χ2v) is 7.92. The van der Waals surface area contributed by atoms with Crippen molar-refractivity contribution in [2.24, 2.45) is 0 Å². The number of carbonyl (C=O) groups is 1. The molecule has 0 spiro atoms. The molecule has 0 bridgehead atoms. The first kappa shape index (κ1) is 17.2. The molecule has 0 N–H and O–H groups in total. The zero-order valence-corrected chi connectivity index (χ0v) is 16.4. The Morgan fingerprint density at radius 1 is 1.14 bits per heavy atom. The van der Waals surface area contributed by atoms with Crippen LogP contribution in [-0.2, 0) is 0 Å². The number of nitrogens with zero attached hydrogens (tertiary/aromatic N) is 4. The van der Waals surface area contributed by atoms with Crippen molar-refractivity contribution < 1.29 is 9.53 Å². The predicted octanol–water partition coefficient (Wildman–Crippen LogP) is 4.25. The Balaban J connectivity index is 1.73. The maximum atomic E-state index is 13.2. The van der Waals surface area contributed by atoms with Crippen LogP contribution >= 0.6 is 11.3 Å². The molecule has 4 aromatic rings. The number of piperidine rings is 1. The van der Waals surface area contributed by atoms with E-state index in [0.717, 1.165) is 53.2 Å². The van der Waals surface area contributed by atoms with Gasteiger partial charge in [-0.2, -0.15) is 0 Å². The maximum absolute atomic E-state index is 13.2. The van der Waals surface area contributed by atoms with Crippen molar-refractivity contribution in [1.29, 1.82) is 0 Å². The molecule has 3 aromatic heterocycles. The molecule has 5 rings (SSSR count). The number of aromatic nitrogens is 3. The Hall–Kier alpha value is -2.93. The van der Waals surface area contributed by atoms with Gasteiger partial charge in [0, 0.05) is 31.0 Å². The van der Waals surface area contributed by atoms with Crippen LogP contribution in [0.5, 0.6) is 5.75 Å². The highest BCUT2D eigenvalue weighted by atomic mass is 32.1. The van der Waals surface area contributed by atoms with E-state index in [4.69, 9.17) is 9.72 Å². The lowest BCUT2D eigenvalue weighted by Crippen LogP contribution is -2.35. The molecule has 0 saturated carbocycles. The molecule has 7 heteroatoms. The predicted molar refractivity (Wildman–Crippen MR) is 110 cm³/mol. The van der Waals surface area contributed by atoms with Crippen LogP contribution in [0.25, 0.3) is 27.3 Å². The van der Waals surface area contributed by atoms with E-state index in [1.165, 1.54) is 17.8 Å².